The van der Waals surface area contributed by atoms with E-state index < -0.39 is 0 Å². The zero-order valence-electron chi connectivity index (χ0n) is 9.48. The van der Waals surface area contributed by atoms with Gasteiger partial charge in [0.2, 0.25) is 0 Å². The van der Waals surface area contributed by atoms with Gasteiger partial charge in [-0.1, -0.05) is 29.8 Å². The monoisotopic (exact) mass is 236 g/mol. The van der Waals surface area contributed by atoms with E-state index in [9.17, 15) is 4.39 Å². The van der Waals surface area contributed by atoms with Crippen LogP contribution in [0.15, 0.2) is 18.2 Å². The van der Waals surface area contributed by atoms with Gasteiger partial charge in [0.15, 0.2) is 0 Å². The maximum atomic E-state index is 13.9. The SMILES string of the molecule is C#CCCc1ccc(/C(C)=C/C)c(Cl)c1F. The quantitative estimate of drug-likeness (QED) is 0.680. The van der Waals surface area contributed by atoms with E-state index in [1.807, 2.05) is 26.0 Å². The van der Waals surface area contributed by atoms with E-state index in [2.05, 4.69) is 5.92 Å². The minimum Gasteiger partial charge on any atom is -0.205 e. The number of hydrogen-bond acceptors (Lipinski definition) is 0. The van der Waals surface area contributed by atoms with Crippen LogP contribution in [0, 0.1) is 18.2 Å². The molecule has 0 aliphatic carbocycles. The van der Waals surface area contributed by atoms with Crippen LogP contribution in [0.4, 0.5) is 4.39 Å². The summed E-state index contributed by atoms with van der Waals surface area (Å²) >= 11 is 5.98. The van der Waals surface area contributed by atoms with Crippen LogP contribution in [0.1, 0.15) is 31.4 Å². The molecule has 0 aromatic heterocycles. The Morgan fingerprint density at radius 2 is 2.25 bits per heavy atom. The average Bonchev–Trinajstić information content (AvgIpc) is 2.30. The number of benzene rings is 1. The van der Waals surface area contributed by atoms with Crippen LogP contribution in [0.25, 0.3) is 5.57 Å². The van der Waals surface area contributed by atoms with E-state index in [0.29, 0.717) is 18.4 Å². The maximum Gasteiger partial charge on any atom is 0.145 e. The fourth-order valence-corrected chi connectivity index (χ4v) is 1.78. The number of aryl methyl sites for hydroxylation is 1. The number of rotatable bonds is 3. The van der Waals surface area contributed by atoms with E-state index >= 15 is 0 Å². The molecule has 0 amide bonds. The standard InChI is InChI=1S/C14H14ClF/c1-4-6-7-11-8-9-12(10(3)5-2)13(15)14(11)16/h1,5,8-9H,6-7H2,2-3H3/b10-5+. The normalized spacial score (nSPS) is 11.3. The summed E-state index contributed by atoms with van der Waals surface area (Å²) in [5.74, 6) is 2.14. The first-order valence-electron chi connectivity index (χ1n) is 5.15. The maximum absolute atomic E-state index is 13.9. The molecule has 2 heteroatoms. The van der Waals surface area contributed by atoms with E-state index in [1.54, 1.807) is 6.07 Å². The topological polar surface area (TPSA) is 0 Å². The molecule has 0 fully saturated rings. The highest BCUT2D eigenvalue weighted by Gasteiger charge is 2.11. The highest BCUT2D eigenvalue weighted by atomic mass is 35.5. The van der Waals surface area contributed by atoms with Crippen molar-refractivity contribution in [1.29, 1.82) is 0 Å². The molecule has 84 valence electrons. The summed E-state index contributed by atoms with van der Waals surface area (Å²) in [6, 6.07) is 3.59. The van der Waals surface area contributed by atoms with Gasteiger partial charge < -0.3 is 0 Å². The zero-order valence-corrected chi connectivity index (χ0v) is 10.2. The molecule has 1 aromatic rings. The molecule has 0 N–H and O–H groups in total. The predicted octanol–water partition coefficient (Wildman–Crippen LogP) is 4.47. The first-order chi connectivity index (χ1) is 7.61. The van der Waals surface area contributed by atoms with Crippen molar-refractivity contribution < 1.29 is 4.39 Å². The second kappa shape index (κ2) is 5.72. The van der Waals surface area contributed by atoms with Crippen LogP contribution in [-0.2, 0) is 6.42 Å². The molecule has 1 rings (SSSR count). The molecule has 0 atom stereocenters. The minimum absolute atomic E-state index is 0.185. The smallest absolute Gasteiger partial charge is 0.145 e. The Balaban J connectivity index is 3.14. The van der Waals surface area contributed by atoms with Crippen LogP contribution < -0.4 is 0 Å². The van der Waals surface area contributed by atoms with Crippen molar-refractivity contribution in [2.75, 3.05) is 0 Å². The lowest BCUT2D eigenvalue weighted by atomic mass is 10.0. The van der Waals surface area contributed by atoms with Gasteiger partial charge in [-0.3, -0.25) is 0 Å². The molecular weight excluding hydrogens is 223 g/mol. The van der Waals surface area contributed by atoms with Gasteiger partial charge in [-0.05, 0) is 37.0 Å². The third kappa shape index (κ3) is 2.65. The predicted molar refractivity (Wildman–Crippen MR) is 67.9 cm³/mol. The molecule has 0 aliphatic rings. The van der Waals surface area contributed by atoms with Crippen molar-refractivity contribution >= 4 is 17.2 Å². The van der Waals surface area contributed by atoms with Gasteiger partial charge in [0.05, 0.1) is 5.02 Å². The van der Waals surface area contributed by atoms with Crippen molar-refractivity contribution in [3.05, 3.63) is 40.2 Å². The molecule has 0 radical (unpaired) electrons. The first-order valence-corrected chi connectivity index (χ1v) is 5.53. The second-order valence-electron chi connectivity index (χ2n) is 3.58. The molecule has 0 nitrogen and oxygen atoms in total. The largest absolute Gasteiger partial charge is 0.205 e. The van der Waals surface area contributed by atoms with Crippen molar-refractivity contribution in [1.82, 2.24) is 0 Å². The minimum atomic E-state index is -0.351. The summed E-state index contributed by atoms with van der Waals surface area (Å²) < 4.78 is 13.9. The molecule has 0 spiro atoms. The van der Waals surface area contributed by atoms with Gasteiger partial charge in [-0.2, -0.15) is 0 Å². The van der Waals surface area contributed by atoms with Crippen molar-refractivity contribution in [2.24, 2.45) is 0 Å². The Hall–Kier alpha value is -1.26. The summed E-state index contributed by atoms with van der Waals surface area (Å²) in [5, 5.41) is 0.185. The molecule has 0 heterocycles. The summed E-state index contributed by atoms with van der Waals surface area (Å²) in [6.45, 7) is 3.80. The average molecular weight is 237 g/mol. The summed E-state index contributed by atoms with van der Waals surface area (Å²) in [6.07, 6.45) is 8.10. The van der Waals surface area contributed by atoms with E-state index in [0.717, 1.165) is 11.1 Å². The number of allylic oxidation sites excluding steroid dienone is 2. The van der Waals surface area contributed by atoms with E-state index in [-0.39, 0.29) is 10.8 Å². The summed E-state index contributed by atoms with van der Waals surface area (Å²) in [7, 11) is 0. The van der Waals surface area contributed by atoms with Gasteiger partial charge in [0.1, 0.15) is 5.82 Å². The molecule has 0 bridgehead atoms. The van der Waals surface area contributed by atoms with Crippen LogP contribution in [0.3, 0.4) is 0 Å². The lowest BCUT2D eigenvalue weighted by Crippen LogP contribution is -1.94. The molecule has 16 heavy (non-hydrogen) atoms. The van der Waals surface area contributed by atoms with Gasteiger partial charge in [0, 0.05) is 6.42 Å². The Morgan fingerprint density at radius 3 is 2.81 bits per heavy atom. The fourth-order valence-electron chi connectivity index (χ4n) is 1.45. The Labute approximate surface area is 101 Å². The number of halogens is 2. The lowest BCUT2D eigenvalue weighted by molar-refractivity contribution is 0.610. The molecule has 0 aliphatic heterocycles. The molecular formula is C14H14ClF. The Bertz CT molecular complexity index is 453. The number of terminal acetylenes is 1. The van der Waals surface area contributed by atoms with Crippen LogP contribution in [-0.4, -0.2) is 0 Å². The summed E-state index contributed by atoms with van der Waals surface area (Å²) in [5.41, 5.74) is 2.29. The van der Waals surface area contributed by atoms with E-state index in [1.165, 1.54) is 0 Å². The van der Waals surface area contributed by atoms with Gasteiger partial charge in [-0.15, -0.1) is 12.3 Å². The van der Waals surface area contributed by atoms with Crippen molar-refractivity contribution in [3.63, 3.8) is 0 Å². The summed E-state index contributed by atoms with van der Waals surface area (Å²) in [4.78, 5) is 0. The molecule has 1 aromatic carbocycles. The third-order valence-corrected chi connectivity index (χ3v) is 2.93. The van der Waals surface area contributed by atoms with Crippen LogP contribution >= 0.6 is 11.6 Å². The van der Waals surface area contributed by atoms with Crippen molar-refractivity contribution in [2.45, 2.75) is 26.7 Å². The molecule has 0 saturated carbocycles. The van der Waals surface area contributed by atoms with Crippen LogP contribution in [0.2, 0.25) is 5.02 Å². The fraction of sp³-hybridized carbons (Fsp3) is 0.286. The second-order valence-corrected chi connectivity index (χ2v) is 3.95. The highest BCUT2D eigenvalue weighted by Crippen LogP contribution is 2.28. The first kappa shape index (κ1) is 12.8. The third-order valence-electron chi connectivity index (χ3n) is 2.56. The Kier molecular flexibility index (Phi) is 4.58. The van der Waals surface area contributed by atoms with E-state index in [4.69, 9.17) is 18.0 Å². The lowest BCUT2D eigenvalue weighted by Gasteiger charge is -2.08. The highest BCUT2D eigenvalue weighted by molar-refractivity contribution is 6.32. The van der Waals surface area contributed by atoms with Gasteiger partial charge in [-0.25, -0.2) is 4.39 Å². The van der Waals surface area contributed by atoms with Gasteiger partial charge >= 0.3 is 0 Å². The number of hydrogen-bond donors (Lipinski definition) is 0. The Morgan fingerprint density at radius 1 is 1.56 bits per heavy atom. The van der Waals surface area contributed by atoms with Gasteiger partial charge in [0.25, 0.3) is 0 Å². The molecule has 0 unspecified atom stereocenters. The van der Waals surface area contributed by atoms with Crippen molar-refractivity contribution in [3.8, 4) is 12.3 Å². The zero-order chi connectivity index (χ0) is 12.1. The molecule has 0 saturated heterocycles. The van der Waals surface area contributed by atoms with Crippen LogP contribution in [0.5, 0.6) is 0 Å².